The lowest BCUT2D eigenvalue weighted by atomic mass is 9.97. The number of unbranched alkanes of at least 4 members (excludes halogenated alkanes) is 3. The molecule has 0 unspecified atom stereocenters. The number of amides is 1. The van der Waals surface area contributed by atoms with Crippen LogP contribution >= 0.6 is 0 Å². The molecule has 9 heteroatoms. The number of aliphatic hydroxyl groups excluding tert-OH is 4. The molecule has 0 saturated heterocycles. The monoisotopic (exact) mass is 403 g/mol. The van der Waals surface area contributed by atoms with E-state index in [1.807, 2.05) is 0 Å². The Morgan fingerprint density at radius 1 is 0.893 bits per heavy atom. The molecule has 1 amide bonds. The highest BCUT2D eigenvalue weighted by Gasteiger charge is 2.36. The number of carbonyl (C=O) groups excluding carboxylic acids is 2. The van der Waals surface area contributed by atoms with Gasteiger partial charge in [0.1, 0.15) is 18.3 Å². The lowest BCUT2D eigenvalue weighted by molar-refractivity contribution is -0.154. The Kier molecular flexibility index (Phi) is 14.8. The maximum absolute atomic E-state index is 11.9. The fraction of sp³-hybridized carbons (Fsp3) is 0.842. The molecule has 0 spiro atoms. The van der Waals surface area contributed by atoms with Gasteiger partial charge in [-0.2, -0.15) is 0 Å². The van der Waals surface area contributed by atoms with Crippen molar-refractivity contribution < 1.29 is 30.0 Å². The van der Waals surface area contributed by atoms with Crippen molar-refractivity contribution in [1.29, 1.82) is 5.41 Å². The van der Waals surface area contributed by atoms with Crippen LogP contribution in [0, 0.1) is 5.41 Å². The van der Waals surface area contributed by atoms with Crippen LogP contribution in [0.25, 0.3) is 0 Å². The molecule has 0 rings (SSSR count). The number of hydrogen-bond acceptors (Lipinski definition) is 8. The highest BCUT2D eigenvalue weighted by molar-refractivity contribution is 5.84. The van der Waals surface area contributed by atoms with Gasteiger partial charge in [-0.15, -0.1) is 0 Å². The molecule has 8 N–H and O–H groups in total. The number of aliphatic hydroxyl groups is 4. The van der Waals surface area contributed by atoms with Crippen LogP contribution in [-0.4, -0.2) is 75.3 Å². The van der Waals surface area contributed by atoms with E-state index < -0.39 is 36.1 Å². The maximum Gasteiger partial charge on any atom is 0.251 e. The van der Waals surface area contributed by atoms with E-state index in [2.05, 4.69) is 12.2 Å². The molecule has 164 valence electrons. The second-order valence-corrected chi connectivity index (χ2v) is 7.04. The molecule has 0 bridgehead atoms. The number of nitrogens with one attached hydrogen (secondary N) is 2. The highest BCUT2D eigenvalue weighted by atomic mass is 16.4. The molecule has 0 aromatic carbocycles. The van der Waals surface area contributed by atoms with Crippen molar-refractivity contribution in [1.82, 2.24) is 5.32 Å². The average molecular weight is 404 g/mol. The second kappa shape index (κ2) is 15.5. The molecule has 9 nitrogen and oxygen atoms in total. The lowest BCUT2D eigenvalue weighted by Gasteiger charge is -2.25. The molecule has 0 aliphatic heterocycles. The summed E-state index contributed by atoms with van der Waals surface area (Å²) in [4.78, 5) is 23.5. The lowest BCUT2D eigenvalue weighted by Crippen LogP contribution is -2.52. The summed E-state index contributed by atoms with van der Waals surface area (Å²) in [5, 5.41) is 49.5. The third-order valence-electron chi connectivity index (χ3n) is 4.51. The van der Waals surface area contributed by atoms with Gasteiger partial charge in [0.05, 0.1) is 0 Å². The van der Waals surface area contributed by atoms with E-state index in [9.17, 15) is 30.0 Å². The van der Waals surface area contributed by atoms with Crippen LogP contribution in [0.4, 0.5) is 0 Å². The number of Topliss-reactive ketones (excluding diaryl/α,β-unsaturated/α-hetero) is 1. The number of hydrogen-bond donors (Lipinski definition) is 7. The van der Waals surface area contributed by atoms with Crippen molar-refractivity contribution in [3.63, 3.8) is 0 Å². The van der Waals surface area contributed by atoms with E-state index in [0.717, 1.165) is 32.1 Å². The highest BCUT2D eigenvalue weighted by Crippen LogP contribution is 2.09. The normalized spacial score (nSPS) is 15.5. The van der Waals surface area contributed by atoms with Crippen LogP contribution in [0.5, 0.6) is 0 Å². The molecule has 28 heavy (non-hydrogen) atoms. The Morgan fingerprint density at radius 3 is 2.11 bits per heavy atom. The Balaban J connectivity index is 4.18. The van der Waals surface area contributed by atoms with E-state index in [1.165, 1.54) is 0 Å². The van der Waals surface area contributed by atoms with E-state index in [1.54, 1.807) is 0 Å². The van der Waals surface area contributed by atoms with Gasteiger partial charge in [0.15, 0.2) is 11.9 Å². The Bertz CT molecular complexity index is 475. The topological polar surface area (TPSA) is 177 Å². The summed E-state index contributed by atoms with van der Waals surface area (Å²) in [7, 11) is 0. The molecular formula is C19H37N3O6. The second-order valence-electron chi connectivity index (χ2n) is 7.04. The van der Waals surface area contributed by atoms with Crippen LogP contribution in [-0.2, 0) is 9.59 Å². The summed E-state index contributed by atoms with van der Waals surface area (Å²) < 4.78 is 0. The minimum absolute atomic E-state index is 0.0753. The van der Waals surface area contributed by atoms with Gasteiger partial charge in [-0.25, -0.2) is 0 Å². The van der Waals surface area contributed by atoms with Crippen molar-refractivity contribution in [3.05, 3.63) is 0 Å². The SMILES string of the molecule is CCCCCCC(=N)CCCNC(=O)[C@@H](O)[C@H](O)[C@H](O)[C@@H](O)C(=O)CCCN. The summed E-state index contributed by atoms with van der Waals surface area (Å²) in [6, 6.07) is 0. The minimum atomic E-state index is -2.01. The van der Waals surface area contributed by atoms with Crippen molar-refractivity contribution >= 4 is 17.4 Å². The van der Waals surface area contributed by atoms with Crippen LogP contribution in [0.2, 0.25) is 0 Å². The van der Waals surface area contributed by atoms with E-state index in [0.29, 0.717) is 25.0 Å². The first-order valence-corrected chi connectivity index (χ1v) is 10.0. The number of rotatable bonds is 17. The zero-order chi connectivity index (χ0) is 21.5. The minimum Gasteiger partial charge on any atom is -0.387 e. The molecule has 0 heterocycles. The van der Waals surface area contributed by atoms with Gasteiger partial charge in [-0.05, 0) is 38.6 Å². The fourth-order valence-electron chi connectivity index (χ4n) is 2.65. The van der Waals surface area contributed by atoms with Gasteiger partial charge in [-0.1, -0.05) is 26.2 Å². The number of nitrogens with two attached hydrogens (primary N) is 1. The van der Waals surface area contributed by atoms with Crippen molar-refractivity contribution in [2.24, 2.45) is 5.73 Å². The Morgan fingerprint density at radius 2 is 1.50 bits per heavy atom. The molecular weight excluding hydrogens is 366 g/mol. The van der Waals surface area contributed by atoms with Crippen LogP contribution < -0.4 is 11.1 Å². The molecule has 0 aromatic heterocycles. The van der Waals surface area contributed by atoms with Gasteiger partial charge in [-0.3, -0.25) is 9.59 Å². The molecule has 0 radical (unpaired) electrons. The molecule has 0 aromatic rings. The van der Waals surface area contributed by atoms with Gasteiger partial charge in [0, 0.05) is 18.7 Å². The van der Waals surface area contributed by atoms with E-state index >= 15 is 0 Å². The predicted molar refractivity (Wildman–Crippen MR) is 106 cm³/mol. The molecule has 0 aliphatic rings. The summed E-state index contributed by atoms with van der Waals surface area (Å²) in [6.45, 7) is 2.56. The van der Waals surface area contributed by atoms with Crippen LogP contribution in [0.1, 0.15) is 64.7 Å². The van der Waals surface area contributed by atoms with Crippen molar-refractivity contribution in [2.75, 3.05) is 13.1 Å². The summed E-state index contributed by atoms with van der Waals surface area (Å²) >= 11 is 0. The number of carbonyl (C=O) groups is 2. The molecule has 4 atom stereocenters. The predicted octanol–water partition coefficient (Wildman–Crippen LogP) is -0.375. The summed E-state index contributed by atoms with van der Waals surface area (Å²) in [6.07, 6.45) is -1.48. The van der Waals surface area contributed by atoms with E-state index in [-0.39, 0.29) is 19.5 Å². The first-order valence-electron chi connectivity index (χ1n) is 10.0. The van der Waals surface area contributed by atoms with Crippen LogP contribution in [0.15, 0.2) is 0 Å². The quantitative estimate of drug-likeness (QED) is 0.128. The smallest absolute Gasteiger partial charge is 0.251 e. The molecule has 0 aliphatic carbocycles. The first-order chi connectivity index (χ1) is 13.3. The third-order valence-corrected chi connectivity index (χ3v) is 4.51. The summed E-state index contributed by atoms with van der Waals surface area (Å²) in [5.41, 5.74) is 5.87. The van der Waals surface area contributed by atoms with Crippen molar-refractivity contribution in [2.45, 2.75) is 89.1 Å². The molecule has 0 fully saturated rings. The van der Waals surface area contributed by atoms with Gasteiger partial charge < -0.3 is 36.9 Å². The van der Waals surface area contributed by atoms with Crippen molar-refractivity contribution in [3.8, 4) is 0 Å². The largest absolute Gasteiger partial charge is 0.387 e. The number of ketones is 1. The van der Waals surface area contributed by atoms with Gasteiger partial charge >= 0.3 is 0 Å². The zero-order valence-corrected chi connectivity index (χ0v) is 16.8. The first kappa shape index (κ1) is 26.6. The molecule has 0 saturated carbocycles. The van der Waals surface area contributed by atoms with Gasteiger partial charge in [0.25, 0.3) is 5.91 Å². The summed E-state index contributed by atoms with van der Waals surface area (Å²) in [5.74, 6) is -1.63. The Hall–Kier alpha value is -1.39. The Labute approximate surface area is 166 Å². The standard InChI is InChI=1S/C19H37N3O6/c1-2-3-4-5-8-13(21)9-7-12-22-19(28)18(27)17(26)16(25)15(24)14(23)10-6-11-20/h15-18,21,24-27H,2-12,20H2,1H3,(H,22,28)/t15-,16+,17+,18-/m0/s1. The maximum atomic E-state index is 11.9. The fourth-order valence-corrected chi connectivity index (χ4v) is 2.65. The van der Waals surface area contributed by atoms with E-state index in [4.69, 9.17) is 11.1 Å². The van der Waals surface area contributed by atoms with Gasteiger partial charge in [0.2, 0.25) is 0 Å². The zero-order valence-electron chi connectivity index (χ0n) is 16.8. The third kappa shape index (κ3) is 10.8. The average Bonchev–Trinajstić information content (AvgIpc) is 2.69. The van der Waals surface area contributed by atoms with Crippen LogP contribution in [0.3, 0.4) is 0 Å².